The summed E-state index contributed by atoms with van der Waals surface area (Å²) in [6.45, 7) is 7.51. The van der Waals surface area contributed by atoms with Gasteiger partial charge in [-0.15, -0.1) is 0 Å². The molecule has 6 heteroatoms. The van der Waals surface area contributed by atoms with Crippen LogP contribution in [-0.2, 0) is 20.6 Å². The third kappa shape index (κ3) is 6.78. The van der Waals surface area contributed by atoms with Crippen LogP contribution in [0.2, 0.25) is 0 Å². The predicted octanol–water partition coefficient (Wildman–Crippen LogP) is 1.97. The molecule has 1 aliphatic carbocycles. The van der Waals surface area contributed by atoms with Crippen molar-refractivity contribution in [2.45, 2.75) is 57.7 Å². The first-order valence-electron chi connectivity index (χ1n) is 8.02. The average molecular weight is 338 g/mol. The van der Waals surface area contributed by atoms with Crippen LogP contribution in [0, 0.1) is 11.8 Å². The molecule has 4 nitrogen and oxygen atoms in total. The highest BCUT2D eigenvalue weighted by Gasteiger charge is 2.35. The third-order valence-corrected chi connectivity index (χ3v) is 7.43. The maximum absolute atomic E-state index is 12.6. The summed E-state index contributed by atoms with van der Waals surface area (Å²) in [6.07, 6.45) is 5.47. The fraction of sp³-hybridized carbons (Fsp3) is 1.00. The van der Waals surface area contributed by atoms with Gasteiger partial charge in [0.2, 0.25) is 0 Å². The maximum Gasteiger partial charge on any atom is 0.148 e. The Morgan fingerprint density at radius 1 is 1.29 bits per heavy atom. The van der Waals surface area contributed by atoms with E-state index < -0.39 is 20.6 Å². The Kier molecular flexibility index (Phi) is 7.85. The van der Waals surface area contributed by atoms with Crippen LogP contribution in [0.15, 0.2) is 0 Å². The van der Waals surface area contributed by atoms with Crippen LogP contribution in [0.4, 0.5) is 0 Å². The highest BCUT2D eigenvalue weighted by Crippen LogP contribution is 2.33. The van der Waals surface area contributed by atoms with E-state index in [2.05, 4.69) is 26.1 Å². The van der Waals surface area contributed by atoms with Crippen LogP contribution in [0.3, 0.4) is 0 Å². The summed E-state index contributed by atoms with van der Waals surface area (Å²) in [5.74, 6) is 1.52. The molecule has 0 radical (unpaired) electrons. The standard InChI is InChI=1S/C15H31NO3S2/c1-5-8-16-14-7-6-13(12(2)3)11-15(14)20(17)9-10-21(4,18)19/h12-16H,5-11H2,1-4H3. The Bertz CT molecular complexity index is 434. The Morgan fingerprint density at radius 3 is 2.48 bits per heavy atom. The molecule has 4 atom stereocenters. The van der Waals surface area contributed by atoms with Crippen LogP contribution >= 0.6 is 0 Å². The summed E-state index contributed by atoms with van der Waals surface area (Å²) in [4.78, 5) is 0. The summed E-state index contributed by atoms with van der Waals surface area (Å²) in [7, 11) is -4.10. The number of sulfone groups is 1. The summed E-state index contributed by atoms with van der Waals surface area (Å²) in [5.41, 5.74) is 0. The van der Waals surface area contributed by atoms with Crippen molar-refractivity contribution in [3.8, 4) is 0 Å². The van der Waals surface area contributed by atoms with Crippen LogP contribution in [0.25, 0.3) is 0 Å². The van der Waals surface area contributed by atoms with Gasteiger partial charge in [-0.25, -0.2) is 8.42 Å². The number of hydrogen-bond acceptors (Lipinski definition) is 4. The van der Waals surface area contributed by atoms with Crippen LogP contribution in [0.5, 0.6) is 0 Å². The van der Waals surface area contributed by atoms with Gasteiger partial charge in [-0.2, -0.15) is 0 Å². The molecule has 0 amide bonds. The third-order valence-electron chi connectivity index (χ3n) is 4.42. The van der Waals surface area contributed by atoms with Crippen molar-refractivity contribution >= 4 is 20.6 Å². The van der Waals surface area contributed by atoms with Crippen molar-refractivity contribution in [2.75, 3.05) is 24.3 Å². The van der Waals surface area contributed by atoms with E-state index in [-0.39, 0.29) is 22.8 Å². The lowest BCUT2D eigenvalue weighted by atomic mass is 9.79. The fourth-order valence-corrected chi connectivity index (χ4v) is 6.24. The van der Waals surface area contributed by atoms with Crippen LogP contribution in [0.1, 0.15) is 46.5 Å². The molecule has 0 bridgehead atoms. The molecule has 0 saturated heterocycles. The molecular formula is C15H31NO3S2. The summed E-state index contributed by atoms with van der Waals surface area (Å²) in [5, 5.41) is 3.61. The van der Waals surface area contributed by atoms with Gasteiger partial charge < -0.3 is 5.32 Å². The monoisotopic (exact) mass is 337 g/mol. The Balaban J connectivity index is 2.70. The minimum Gasteiger partial charge on any atom is -0.313 e. The van der Waals surface area contributed by atoms with E-state index in [9.17, 15) is 12.6 Å². The lowest BCUT2D eigenvalue weighted by molar-refractivity contribution is 0.244. The number of nitrogens with one attached hydrogen (secondary N) is 1. The van der Waals surface area contributed by atoms with E-state index in [0.717, 1.165) is 25.8 Å². The summed E-state index contributed by atoms with van der Waals surface area (Å²) >= 11 is 0. The number of hydrogen-bond donors (Lipinski definition) is 1. The average Bonchev–Trinajstić information content (AvgIpc) is 2.41. The van der Waals surface area contributed by atoms with E-state index in [1.54, 1.807) is 0 Å². The van der Waals surface area contributed by atoms with Gasteiger partial charge in [0.1, 0.15) is 9.84 Å². The topological polar surface area (TPSA) is 63.2 Å². The zero-order valence-corrected chi connectivity index (χ0v) is 15.4. The maximum atomic E-state index is 12.6. The predicted molar refractivity (Wildman–Crippen MR) is 90.8 cm³/mol. The molecule has 1 rings (SSSR count). The molecule has 126 valence electrons. The quantitative estimate of drug-likeness (QED) is 0.735. The van der Waals surface area contributed by atoms with E-state index in [1.165, 1.54) is 12.7 Å². The molecule has 0 aliphatic heterocycles. The van der Waals surface area contributed by atoms with E-state index in [4.69, 9.17) is 0 Å². The zero-order valence-electron chi connectivity index (χ0n) is 13.8. The molecule has 0 aromatic carbocycles. The minimum atomic E-state index is -3.04. The normalized spacial score (nSPS) is 28.7. The second kappa shape index (κ2) is 8.63. The molecule has 1 saturated carbocycles. The SMILES string of the molecule is CCCNC1CCC(C(C)C)CC1S(=O)CCS(C)(=O)=O. The first-order valence-corrected chi connectivity index (χ1v) is 11.5. The summed E-state index contributed by atoms with van der Waals surface area (Å²) in [6, 6.07) is 0.278. The molecule has 0 aromatic heterocycles. The van der Waals surface area contributed by atoms with Gasteiger partial charge >= 0.3 is 0 Å². The van der Waals surface area contributed by atoms with Gasteiger partial charge in [0.15, 0.2) is 0 Å². The molecule has 4 unspecified atom stereocenters. The summed E-state index contributed by atoms with van der Waals surface area (Å²) < 4.78 is 35.2. The van der Waals surface area contributed by atoms with Crippen LogP contribution < -0.4 is 5.32 Å². The first-order chi connectivity index (χ1) is 9.74. The van der Waals surface area contributed by atoms with E-state index >= 15 is 0 Å². The highest BCUT2D eigenvalue weighted by atomic mass is 32.2. The van der Waals surface area contributed by atoms with Gasteiger partial charge in [-0.1, -0.05) is 20.8 Å². The second-order valence-corrected chi connectivity index (χ2v) is 10.7. The molecule has 1 N–H and O–H groups in total. The van der Waals surface area contributed by atoms with Crippen molar-refractivity contribution in [1.82, 2.24) is 5.32 Å². The lowest BCUT2D eigenvalue weighted by Gasteiger charge is -2.37. The van der Waals surface area contributed by atoms with Gasteiger partial charge in [0, 0.05) is 28.9 Å². The lowest BCUT2D eigenvalue weighted by Crippen LogP contribution is -2.48. The minimum absolute atomic E-state index is 0.0307. The molecule has 0 aromatic rings. The highest BCUT2D eigenvalue weighted by molar-refractivity contribution is 7.92. The van der Waals surface area contributed by atoms with Gasteiger partial charge in [-0.3, -0.25) is 4.21 Å². The van der Waals surface area contributed by atoms with E-state index in [1.807, 2.05) is 0 Å². The molecular weight excluding hydrogens is 306 g/mol. The smallest absolute Gasteiger partial charge is 0.148 e. The van der Waals surface area contributed by atoms with Gasteiger partial charge in [0.05, 0.1) is 11.0 Å². The number of rotatable bonds is 8. The van der Waals surface area contributed by atoms with Crippen LogP contribution in [-0.4, -0.2) is 48.2 Å². The largest absolute Gasteiger partial charge is 0.313 e. The van der Waals surface area contributed by atoms with Crippen molar-refractivity contribution in [3.63, 3.8) is 0 Å². The van der Waals surface area contributed by atoms with Crippen molar-refractivity contribution in [3.05, 3.63) is 0 Å². The molecule has 0 spiro atoms. The first kappa shape index (κ1) is 19.1. The zero-order chi connectivity index (χ0) is 16.0. The Morgan fingerprint density at radius 2 is 1.95 bits per heavy atom. The van der Waals surface area contributed by atoms with Crippen molar-refractivity contribution in [2.24, 2.45) is 11.8 Å². The van der Waals surface area contributed by atoms with Crippen molar-refractivity contribution < 1.29 is 12.6 Å². The molecule has 21 heavy (non-hydrogen) atoms. The van der Waals surface area contributed by atoms with E-state index in [0.29, 0.717) is 11.8 Å². The Hall–Kier alpha value is 0.0600. The van der Waals surface area contributed by atoms with Gasteiger partial charge in [0.25, 0.3) is 0 Å². The molecule has 1 fully saturated rings. The fourth-order valence-electron chi connectivity index (χ4n) is 3.00. The molecule has 1 aliphatic rings. The second-order valence-electron chi connectivity index (χ2n) is 6.63. The van der Waals surface area contributed by atoms with Gasteiger partial charge in [-0.05, 0) is 44.1 Å². The Labute approximate surface area is 132 Å². The van der Waals surface area contributed by atoms with Crippen molar-refractivity contribution in [1.29, 1.82) is 0 Å². The molecule has 0 heterocycles.